The Labute approximate surface area is 77.9 Å². The van der Waals surface area contributed by atoms with E-state index in [1.165, 1.54) is 7.05 Å². The van der Waals surface area contributed by atoms with Crippen molar-refractivity contribution in [2.75, 3.05) is 20.1 Å². The van der Waals surface area contributed by atoms with Crippen LogP contribution in [0.15, 0.2) is 0 Å². The van der Waals surface area contributed by atoms with Crippen LogP contribution >= 0.6 is 0 Å². The molecule has 0 aromatic rings. The molecule has 0 aliphatic carbocycles. The molecule has 1 rings (SSSR count). The van der Waals surface area contributed by atoms with Crippen molar-refractivity contribution in [3.8, 4) is 12.3 Å². The van der Waals surface area contributed by atoms with Gasteiger partial charge in [-0.1, -0.05) is 5.92 Å². The fraction of sp³-hybridized carbons (Fsp3) is 0.714. The Morgan fingerprint density at radius 3 is 2.69 bits per heavy atom. The van der Waals surface area contributed by atoms with Gasteiger partial charge in [0.25, 0.3) is 10.2 Å². The molecule has 1 fully saturated rings. The second-order valence-corrected chi connectivity index (χ2v) is 4.84. The first-order valence-electron chi connectivity index (χ1n) is 3.82. The summed E-state index contributed by atoms with van der Waals surface area (Å²) in [5.41, 5.74) is -1.30. The van der Waals surface area contributed by atoms with Crippen LogP contribution in [0.4, 0.5) is 0 Å². The molecule has 0 aromatic heterocycles. The summed E-state index contributed by atoms with van der Waals surface area (Å²) in [6, 6.07) is 0. The molecule has 0 saturated carbocycles. The maximum atomic E-state index is 11.2. The van der Waals surface area contributed by atoms with E-state index in [1.807, 2.05) is 0 Å². The number of rotatable bonds is 2. The summed E-state index contributed by atoms with van der Waals surface area (Å²) in [6.45, 7) is 0.219. The molecule has 1 atom stereocenters. The summed E-state index contributed by atoms with van der Waals surface area (Å²) in [4.78, 5) is 0. The molecule has 6 heteroatoms. The fourth-order valence-corrected chi connectivity index (χ4v) is 2.18. The van der Waals surface area contributed by atoms with Crippen molar-refractivity contribution in [3.05, 3.63) is 0 Å². The Hall–Kier alpha value is -0.610. The first kappa shape index (κ1) is 10.5. The second kappa shape index (κ2) is 3.27. The highest BCUT2D eigenvalue weighted by atomic mass is 32.2. The quantitative estimate of drug-likeness (QED) is 0.539. The van der Waals surface area contributed by atoms with Gasteiger partial charge >= 0.3 is 0 Å². The smallest absolute Gasteiger partial charge is 0.279 e. The van der Waals surface area contributed by atoms with Crippen LogP contribution in [0, 0.1) is 12.3 Å². The SMILES string of the molecule is C#CC1(O)CCN(S(=O)(=O)NC)C1. The van der Waals surface area contributed by atoms with E-state index >= 15 is 0 Å². The second-order valence-electron chi connectivity index (χ2n) is 2.97. The van der Waals surface area contributed by atoms with Crippen molar-refractivity contribution in [3.63, 3.8) is 0 Å². The highest BCUT2D eigenvalue weighted by molar-refractivity contribution is 7.87. The Balaban J connectivity index is 2.78. The predicted molar refractivity (Wildman–Crippen MR) is 48.0 cm³/mol. The number of nitrogens with zero attached hydrogens (tertiary/aromatic N) is 1. The molecule has 13 heavy (non-hydrogen) atoms. The van der Waals surface area contributed by atoms with Gasteiger partial charge in [0.2, 0.25) is 0 Å². The molecule has 1 aliphatic rings. The largest absolute Gasteiger partial charge is 0.376 e. The number of terminal acetylenes is 1. The van der Waals surface area contributed by atoms with E-state index in [0.717, 1.165) is 4.31 Å². The van der Waals surface area contributed by atoms with Gasteiger partial charge in [-0.05, 0) is 0 Å². The van der Waals surface area contributed by atoms with Gasteiger partial charge in [0, 0.05) is 20.0 Å². The van der Waals surface area contributed by atoms with E-state index in [0.29, 0.717) is 0 Å². The predicted octanol–water partition coefficient (Wildman–Crippen LogP) is -1.48. The van der Waals surface area contributed by atoms with Gasteiger partial charge in [0.1, 0.15) is 5.60 Å². The molecule has 1 heterocycles. The van der Waals surface area contributed by atoms with Gasteiger partial charge in [0.15, 0.2) is 0 Å². The van der Waals surface area contributed by atoms with Crippen LogP contribution in [0.1, 0.15) is 6.42 Å². The zero-order valence-corrected chi connectivity index (χ0v) is 8.13. The average Bonchev–Trinajstić information content (AvgIpc) is 2.50. The van der Waals surface area contributed by atoms with Crippen molar-refractivity contribution in [1.29, 1.82) is 0 Å². The Morgan fingerprint density at radius 2 is 2.31 bits per heavy atom. The lowest BCUT2D eigenvalue weighted by Crippen LogP contribution is -2.40. The monoisotopic (exact) mass is 204 g/mol. The van der Waals surface area contributed by atoms with Crippen LogP contribution in [0.5, 0.6) is 0 Å². The molecule has 1 unspecified atom stereocenters. The summed E-state index contributed by atoms with van der Waals surface area (Å²) < 4.78 is 25.8. The van der Waals surface area contributed by atoms with Crippen molar-refractivity contribution in [2.24, 2.45) is 0 Å². The number of aliphatic hydroxyl groups is 1. The number of nitrogens with one attached hydrogen (secondary N) is 1. The van der Waals surface area contributed by atoms with Crippen LogP contribution < -0.4 is 4.72 Å². The third-order valence-electron chi connectivity index (χ3n) is 2.08. The minimum absolute atomic E-state index is 0.0350. The lowest BCUT2D eigenvalue weighted by molar-refractivity contribution is 0.117. The van der Waals surface area contributed by atoms with E-state index in [4.69, 9.17) is 6.42 Å². The molecular weight excluding hydrogens is 192 g/mol. The minimum Gasteiger partial charge on any atom is -0.376 e. The van der Waals surface area contributed by atoms with Gasteiger partial charge in [-0.2, -0.15) is 12.7 Å². The van der Waals surface area contributed by atoms with Crippen LogP contribution in [-0.2, 0) is 10.2 Å². The van der Waals surface area contributed by atoms with Crippen molar-refractivity contribution < 1.29 is 13.5 Å². The highest BCUT2D eigenvalue weighted by Gasteiger charge is 2.39. The molecular formula is C7H12N2O3S. The van der Waals surface area contributed by atoms with Crippen LogP contribution in [0.25, 0.3) is 0 Å². The summed E-state index contributed by atoms with van der Waals surface area (Å²) in [6.07, 6.45) is 5.36. The first-order valence-corrected chi connectivity index (χ1v) is 5.26. The van der Waals surface area contributed by atoms with E-state index in [1.54, 1.807) is 0 Å². The topological polar surface area (TPSA) is 69.6 Å². The number of β-amino-alcohol motifs (C(OH)–C–C–N with tert-alkyl or cyclic N) is 1. The average molecular weight is 204 g/mol. The molecule has 1 saturated heterocycles. The van der Waals surface area contributed by atoms with Crippen LogP contribution in [0.3, 0.4) is 0 Å². The molecule has 74 valence electrons. The van der Waals surface area contributed by atoms with Crippen LogP contribution in [-0.4, -0.2) is 43.6 Å². The van der Waals surface area contributed by atoms with Crippen molar-refractivity contribution in [2.45, 2.75) is 12.0 Å². The normalized spacial score (nSPS) is 30.2. The fourth-order valence-electron chi connectivity index (χ4n) is 1.21. The molecule has 0 spiro atoms. The molecule has 5 nitrogen and oxygen atoms in total. The van der Waals surface area contributed by atoms with Gasteiger partial charge in [-0.3, -0.25) is 0 Å². The summed E-state index contributed by atoms with van der Waals surface area (Å²) in [5.74, 6) is 2.19. The molecule has 1 aliphatic heterocycles. The van der Waals surface area contributed by atoms with E-state index in [9.17, 15) is 13.5 Å². The molecule has 2 N–H and O–H groups in total. The number of hydrogen-bond donors (Lipinski definition) is 2. The Kier molecular flexibility index (Phi) is 2.63. The van der Waals surface area contributed by atoms with Crippen LogP contribution in [0.2, 0.25) is 0 Å². The molecule has 0 aromatic carbocycles. The summed E-state index contributed by atoms with van der Waals surface area (Å²) >= 11 is 0. The Bertz CT molecular complexity index is 332. The third-order valence-corrected chi connectivity index (χ3v) is 3.59. The molecule has 0 bridgehead atoms. The van der Waals surface area contributed by atoms with Gasteiger partial charge in [-0.15, -0.1) is 6.42 Å². The lowest BCUT2D eigenvalue weighted by Gasteiger charge is -2.17. The third kappa shape index (κ3) is 2.00. The highest BCUT2D eigenvalue weighted by Crippen LogP contribution is 2.21. The summed E-state index contributed by atoms with van der Waals surface area (Å²) in [5, 5.41) is 9.56. The van der Waals surface area contributed by atoms with Gasteiger partial charge in [-0.25, -0.2) is 4.72 Å². The maximum Gasteiger partial charge on any atom is 0.279 e. The zero-order valence-electron chi connectivity index (χ0n) is 7.32. The Morgan fingerprint density at radius 1 is 1.69 bits per heavy atom. The van der Waals surface area contributed by atoms with Crippen molar-refractivity contribution >= 4 is 10.2 Å². The first-order chi connectivity index (χ1) is 5.93. The van der Waals surface area contributed by atoms with Crippen molar-refractivity contribution in [1.82, 2.24) is 9.03 Å². The lowest BCUT2D eigenvalue weighted by atomic mass is 10.1. The summed E-state index contributed by atoms with van der Waals surface area (Å²) in [7, 11) is -2.13. The molecule has 0 radical (unpaired) electrons. The van der Waals surface area contributed by atoms with Gasteiger partial charge < -0.3 is 5.11 Å². The van der Waals surface area contributed by atoms with E-state index < -0.39 is 15.8 Å². The van der Waals surface area contributed by atoms with E-state index in [2.05, 4.69) is 10.6 Å². The number of hydrogen-bond acceptors (Lipinski definition) is 3. The van der Waals surface area contributed by atoms with E-state index in [-0.39, 0.29) is 19.5 Å². The van der Waals surface area contributed by atoms with Gasteiger partial charge in [0.05, 0.1) is 6.54 Å². The standard InChI is InChI=1S/C7H12N2O3S/c1-3-7(10)4-5-9(6-7)13(11,12)8-2/h1,8,10H,4-6H2,2H3. The zero-order chi connectivity index (χ0) is 10.1. The molecule has 0 amide bonds. The minimum atomic E-state index is -3.45. The maximum absolute atomic E-state index is 11.2.